The van der Waals surface area contributed by atoms with E-state index < -0.39 is 5.97 Å². The van der Waals surface area contributed by atoms with E-state index in [4.69, 9.17) is 5.11 Å². The molecule has 136 valence electrons. The summed E-state index contributed by atoms with van der Waals surface area (Å²) in [6.07, 6.45) is 3.37. The number of hydrogen-bond acceptors (Lipinski definition) is 2. The molecule has 0 bridgehead atoms. The Hall–Kier alpha value is -2.69. The van der Waals surface area contributed by atoms with Crippen molar-refractivity contribution in [1.29, 1.82) is 0 Å². The number of carboxylic acids is 1. The van der Waals surface area contributed by atoms with Crippen LogP contribution in [-0.4, -0.2) is 34.5 Å². The van der Waals surface area contributed by atoms with Crippen molar-refractivity contribution in [1.82, 2.24) is 4.90 Å². The largest absolute Gasteiger partial charge is 0.481 e. The van der Waals surface area contributed by atoms with E-state index in [0.29, 0.717) is 18.5 Å². The number of likely N-dealkylation sites (tertiary alicyclic amines) is 1. The lowest BCUT2D eigenvalue weighted by Crippen LogP contribution is -2.43. The van der Waals surface area contributed by atoms with E-state index in [1.807, 2.05) is 23.1 Å². The van der Waals surface area contributed by atoms with Crippen LogP contribution >= 0.6 is 0 Å². The number of carboxylic acid groups (broad SMARTS) is 1. The lowest BCUT2D eigenvalue weighted by atomic mass is 9.96. The van der Waals surface area contributed by atoms with Gasteiger partial charge in [-0.3, -0.25) is 9.59 Å². The lowest BCUT2D eigenvalue weighted by molar-refractivity contribution is -0.137. The fourth-order valence-electron chi connectivity index (χ4n) is 3.50. The van der Waals surface area contributed by atoms with Crippen molar-refractivity contribution in [2.45, 2.75) is 38.1 Å². The SMILES string of the molecule is O=C(O)CCC1CCCCN1C(=O)c1ccc(-c2cccc(F)c2)cc1. The molecule has 1 aliphatic rings. The van der Waals surface area contributed by atoms with Gasteiger partial charge in [0, 0.05) is 24.6 Å². The molecule has 5 heteroatoms. The molecule has 0 aliphatic carbocycles. The third-order valence-electron chi connectivity index (χ3n) is 4.87. The van der Waals surface area contributed by atoms with Crippen molar-refractivity contribution in [2.75, 3.05) is 6.54 Å². The first-order chi connectivity index (χ1) is 12.5. The summed E-state index contributed by atoms with van der Waals surface area (Å²) in [5, 5.41) is 8.91. The first kappa shape index (κ1) is 18.1. The van der Waals surface area contributed by atoms with E-state index in [1.54, 1.807) is 18.2 Å². The summed E-state index contributed by atoms with van der Waals surface area (Å²) in [7, 11) is 0. The van der Waals surface area contributed by atoms with Crippen molar-refractivity contribution in [2.24, 2.45) is 0 Å². The van der Waals surface area contributed by atoms with Gasteiger partial charge in [-0.1, -0.05) is 24.3 Å². The van der Waals surface area contributed by atoms with Crippen LogP contribution in [0, 0.1) is 5.82 Å². The summed E-state index contributed by atoms with van der Waals surface area (Å²) < 4.78 is 13.4. The summed E-state index contributed by atoms with van der Waals surface area (Å²) in [6, 6.07) is 13.5. The van der Waals surface area contributed by atoms with Gasteiger partial charge >= 0.3 is 5.97 Å². The van der Waals surface area contributed by atoms with Crippen LogP contribution in [0.1, 0.15) is 42.5 Å². The molecule has 0 spiro atoms. The van der Waals surface area contributed by atoms with Gasteiger partial charge in [-0.15, -0.1) is 0 Å². The number of aliphatic carboxylic acids is 1. The minimum absolute atomic E-state index is 0.0183. The van der Waals surface area contributed by atoms with Gasteiger partial charge < -0.3 is 10.0 Å². The molecule has 1 heterocycles. The normalized spacial score (nSPS) is 17.1. The zero-order chi connectivity index (χ0) is 18.5. The van der Waals surface area contributed by atoms with E-state index in [1.165, 1.54) is 12.1 Å². The number of nitrogens with zero attached hydrogens (tertiary/aromatic N) is 1. The van der Waals surface area contributed by atoms with Gasteiger partial charge in [0.1, 0.15) is 5.82 Å². The maximum Gasteiger partial charge on any atom is 0.303 e. The van der Waals surface area contributed by atoms with E-state index in [2.05, 4.69) is 0 Å². The van der Waals surface area contributed by atoms with Crippen LogP contribution in [0.4, 0.5) is 4.39 Å². The van der Waals surface area contributed by atoms with Crippen molar-refractivity contribution < 1.29 is 19.1 Å². The Morgan fingerprint density at radius 1 is 1.08 bits per heavy atom. The van der Waals surface area contributed by atoms with Crippen molar-refractivity contribution in [3.05, 3.63) is 59.9 Å². The van der Waals surface area contributed by atoms with E-state index >= 15 is 0 Å². The average Bonchev–Trinajstić information content (AvgIpc) is 2.66. The molecule has 1 aliphatic heterocycles. The molecule has 0 aromatic heterocycles. The van der Waals surface area contributed by atoms with Crippen LogP contribution in [0.15, 0.2) is 48.5 Å². The molecule has 2 aromatic rings. The number of hydrogen-bond donors (Lipinski definition) is 1. The van der Waals surface area contributed by atoms with Gasteiger partial charge in [-0.2, -0.15) is 0 Å². The fourth-order valence-corrected chi connectivity index (χ4v) is 3.50. The highest BCUT2D eigenvalue weighted by atomic mass is 19.1. The molecule has 2 aromatic carbocycles. The average molecular weight is 355 g/mol. The Morgan fingerprint density at radius 3 is 2.54 bits per heavy atom. The van der Waals surface area contributed by atoms with Gasteiger partial charge in [0.25, 0.3) is 5.91 Å². The molecule has 0 radical (unpaired) electrons. The molecule has 1 fully saturated rings. The summed E-state index contributed by atoms with van der Waals surface area (Å²) in [5.41, 5.74) is 2.19. The molecular formula is C21H22FNO3. The molecule has 1 N–H and O–H groups in total. The molecule has 1 amide bonds. The zero-order valence-corrected chi connectivity index (χ0v) is 14.5. The van der Waals surface area contributed by atoms with Crippen molar-refractivity contribution >= 4 is 11.9 Å². The smallest absolute Gasteiger partial charge is 0.303 e. The van der Waals surface area contributed by atoms with E-state index in [-0.39, 0.29) is 24.2 Å². The van der Waals surface area contributed by atoms with E-state index in [9.17, 15) is 14.0 Å². The molecule has 1 atom stereocenters. The second kappa shape index (κ2) is 8.13. The van der Waals surface area contributed by atoms with Gasteiger partial charge in [0.2, 0.25) is 0 Å². The maximum atomic E-state index is 13.4. The fraction of sp³-hybridized carbons (Fsp3) is 0.333. The summed E-state index contributed by atoms with van der Waals surface area (Å²) in [6.45, 7) is 0.661. The Balaban J connectivity index is 1.75. The number of carbonyl (C=O) groups is 2. The summed E-state index contributed by atoms with van der Waals surface area (Å²) in [5.74, 6) is -1.19. The van der Waals surface area contributed by atoms with Gasteiger partial charge in [0.05, 0.1) is 0 Å². The number of halogens is 1. The van der Waals surface area contributed by atoms with Gasteiger partial charge in [-0.05, 0) is 61.1 Å². The van der Waals surface area contributed by atoms with Crippen molar-refractivity contribution in [3.8, 4) is 11.1 Å². The Kier molecular flexibility index (Phi) is 5.66. The van der Waals surface area contributed by atoms with Crippen LogP contribution in [-0.2, 0) is 4.79 Å². The first-order valence-corrected chi connectivity index (χ1v) is 8.93. The van der Waals surface area contributed by atoms with E-state index in [0.717, 1.165) is 30.4 Å². The highest BCUT2D eigenvalue weighted by molar-refractivity contribution is 5.95. The van der Waals surface area contributed by atoms with Crippen LogP contribution in [0.2, 0.25) is 0 Å². The second-order valence-electron chi connectivity index (χ2n) is 6.67. The second-order valence-corrected chi connectivity index (χ2v) is 6.67. The predicted molar refractivity (Wildman–Crippen MR) is 97.4 cm³/mol. The molecule has 0 saturated carbocycles. The van der Waals surface area contributed by atoms with Gasteiger partial charge in [0.15, 0.2) is 0 Å². The van der Waals surface area contributed by atoms with Crippen LogP contribution in [0.3, 0.4) is 0 Å². The van der Waals surface area contributed by atoms with Gasteiger partial charge in [-0.25, -0.2) is 4.39 Å². The number of amides is 1. The summed E-state index contributed by atoms with van der Waals surface area (Å²) >= 11 is 0. The summed E-state index contributed by atoms with van der Waals surface area (Å²) in [4.78, 5) is 25.5. The molecule has 1 saturated heterocycles. The third-order valence-corrected chi connectivity index (χ3v) is 4.87. The lowest BCUT2D eigenvalue weighted by Gasteiger charge is -2.35. The molecule has 3 rings (SSSR count). The van der Waals surface area contributed by atoms with Crippen LogP contribution < -0.4 is 0 Å². The minimum Gasteiger partial charge on any atom is -0.481 e. The van der Waals surface area contributed by atoms with Crippen LogP contribution in [0.25, 0.3) is 11.1 Å². The maximum absolute atomic E-state index is 13.4. The minimum atomic E-state index is -0.831. The number of carbonyl (C=O) groups excluding carboxylic acids is 1. The Bertz CT molecular complexity index is 788. The number of rotatable bonds is 5. The monoisotopic (exact) mass is 355 g/mol. The quantitative estimate of drug-likeness (QED) is 0.867. The zero-order valence-electron chi connectivity index (χ0n) is 14.5. The third kappa shape index (κ3) is 4.28. The molecule has 4 nitrogen and oxygen atoms in total. The molecular weight excluding hydrogens is 333 g/mol. The first-order valence-electron chi connectivity index (χ1n) is 8.93. The highest BCUT2D eigenvalue weighted by Gasteiger charge is 2.27. The Morgan fingerprint density at radius 2 is 1.85 bits per heavy atom. The number of piperidine rings is 1. The Labute approximate surface area is 152 Å². The standard InChI is InChI=1S/C21H22FNO3/c22-18-5-3-4-17(14-18)15-7-9-16(10-8-15)21(26)23-13-2-1-6-19(23)11-12-20(24)25/h3-5,7-10,14,19H,1-2,6,11-13H2,(H,24,25). The molecule has 1 unspecified atom stereocenters. The predicted octanol–water partition coefficient (Wildman–Crippen LogP) is 4.35. The number of benzene rings is 2. The molecule has 26 heavy (non-hydrogen) atoms. The van der Waals surface area contributed by atoms with Crippen molar-refractivity contribution in [3.63, 3.8) is 0 Å². The van der Waals surface area contributed by atoms with Crippen LogP contribution in [0.5, 0.6) is 0 Å². The highest BCUT2D eigenvalue weighted by Crippen LogP contribution is 2.25. The topological polar surface area (TPSA) is 57.6 Å².